The molecule has 1 heterocycles. The second kappa shape index (κ2) is 8.95. The molecule has 1 saturated heterocycles. The van der Waals surface area contributed by atoms with E-state index in [0.29, 0.717) is 19.5 Å². The Morgan fingerprint density at radius 2 is 1.67 bits per heavy atom. The van der Waals surface area contributed by atoms with Crippen LogP contribution in [-0.4, -0.2) is 46.7 Å². The maximum absolute atomic E-state index is 12.9. The molecule has 0 N–H and O–H groups in total. The summed E-state index contributed by atoms with van der Waals surface area (Å²) in [4.78, 5) is 28.6. The van der Waals surface area contributed by atoms with Gasteiger partial charge in [0.05, 0.1) is 0 Å². The van der Waals surface area contributed by atoms with E-state index in [4.69, 9.17) is 4.74 Å². The van der Waals surface area contributed by atoms with Crippen molar-refractivity contribution in [1.29, 1.82) is 0 Å². The molecule has 0 radical (unpaired) electrons. The molecule has 2 unspecified atom stereocenters. The van der Waals surface area contributed by atoms with E-state index >= 15 is 0 Å². The summed E-state index contributed by atoms with van der Waals surface area (Å²) in [5, 5.41) is -0.0339. The summed E-state index contributed by atoms with van der Waals surface area (Å²) in [6.45, 7) is 1.10. The van der Waals surface area contributed by atoms with Crippen LogP contribution in [0.5, 0.6) is 0 Å². The summed E-state index contributed by atoms with van der Waals surface area (Å²) in [6, 6.07) is 18.8. The van der Waals surface area contributed by atoms with E-state index < -0.39 is 12.1 Å². The molecule has 1 fully saturated rings. The molecule has 0 aliphatic carbocycles. The van der Waals surface area contributed by atoms with Gasteiger partial charge in [0.2, 0.25) is 5.91 Å². The maximum atomic E-state index is 12.9. The number of amides is 2. The predicted octanol–water partition coefficient (Wildman–Crippen LogP) is 3.35. The van der Waals surface area contributed by atoms with Gasteiger partial charge in [-0.05, 0) is 17.5 Å². The van der Waals surface area contributed by atoms with Crippen LogP contribution in [0, 0.1) is 0 Å². The Morgan fingerprint density at radius 3 is 2.30 bits per heavy atom. The van der Waals surface area contributed by atoms with E-state index in [1.54, 1.807) is 11.9 Å². The van der Waals surface area contributed by atoms with Gasteiger partial charge in [0.1, 0.15) is 12.6 Å². The van der Waals surface area contributed by atoms with Crippen LogP contribution in [0.15, 0.2) is 60.7 Å². The van der Waals surface area contributed by atoms with Crippen molar-refractivity contribution in [1.82, 2.24) is 9.80 Å². The smallest absolute Gasteiger partial charge is 0.410 e. The normalized spacial score (nSPS) is 19.0. The number of hydrogen-bond donors (Lipinski definition) is 1. The number of benzene rings is 2. The highest BCUT2D eigenvalue weighted by atomic mass is 32.1. The summed E-state index contributed by atoms with van der Waals surface area (Å²) in [7, 11) is 1.76. The summed E-state index contributed by atoms with van der Waals surface area (Å²) in [5.41, 5.74) is 1.96. The molecule has 2 amide bonds. The van der Waals surface area contributed by atoms with Gasteiger partial charge in [0.25, 0.3) is 0 Å². The summed E-state index contributed by atoms with van der Waals surface area (Å²) in [5.74, 6) is -0.0907. The number of carbonyl (C=O) groups is 2. The quantitative estimate of drug-likeness (QED) is 0.805. The number of likely N-dealkylation sites (tertiary alicyclic amines) is 1. The van der Waals surface area contributed by atoms with E-state index in [2.05, 4.69) is 12.6 Å². The zero-order chi connectivity index (χ0) is 19.2. The minimum atomic E-state index is -0.538. The third kappa shape index (κ3) is 5.04. The fraction of sp³-hybridized carbons (Fsp3) is 0.333. The average Bonchev–Trinajstić information content (AvgIpc) is 3.09. The van der Waals surface area contributed by atoms with Crippen molar-refractivity contribution in [3.8, 4) is 0 Å². The van der Waals surface area contributed by atoms with Crippen LogP contribution in [0.25, 0.3) is 0 Å². The first kappa shape index (κ1) is 19.3. The van der Waals surface area contributed by atoms with E-state index in [-0.39, 0.29) is 17.8 Å². The standard InChI is InChI=1S/C21H24N2O3S/c1-22(13-16-8-4-2-5-9-16)20(24)19-12-18(27)14-23(19)21(25)26-15-17-10-6-3-7-11-17/h2-11,18-19,27H,12-15H2,1H3. The Labute approximate surface area is 165 Å². The molecule has 2 aromatic carbocycles. The molecular weight excluding hydrogens is 360 g/mol. The van der Waals surface area contributed by atoms with Gasteiger partial charge in [-0.15, -0.1) is 0 Å². The molecule has 2 atom stereocenters. The first-order chi connectivity index (χ1) is 13.0. The SMILES string of the molecule is CN(Cc1ccccc1)C(=O)C1CC(S)CN1C(=O)OCc1ccccc1. The van der Waals surface area contributed by atoms with Crippen molar-refractivity contribution in [2.75, 3.05) is 13.6 Å². The van der Waals surface area contributed by atoms with Gasteiger partial charge in [-0.2, -0.15) is 12.6 Å². The largest absolute Gasteiger partial charge is 0.445 e. The molecule has 27 heavy (non-hydrogen) atoms. The summed E-state index contributed by atoms with van der Waals surface area (Å²) < 4.78 is 5.42. The maximum Gasteiger partial charge on any atom is 0.410 e. The average molecular weight is 385 g/mol. The van der Waals surface area contributed by atoms with E-state index in [1.165, 1.54) is 4.90 Å². The number of nitrogens with zero attached hydrogens (tertiary/aromatic N) is 2. The van der Waals surface area contributed by atoms with Crippen molar-refractivity contribution in [2.45, 2.75) is 30.9 Å². The highest BCUT2D eigenvalue weighted by molar-refractivity contribution is 7.81. The summed E-state index contributed by atoms with van der Waals surface area (Å²) >= 11 is 4.49. The van der Waals surface area contributed by atoms with Gasteiger partial charge in [-0.1, -0.05) is 60.7 Å². The van der Waals surface area contributed by atoms with Crippen LogP contribution in [-0.2, 0) is 22.7 Å². The molecule has 3 rings (SSSR count). The molecule has 0 saturated carbocycles. The number of hydrogen-bond acceptors (Lipinski definition) is 4. The third-order valence-electron chi connectivity index (χ3n) is 4.64. The molecule has 0 spiro atoms. The van der Waals surface area contributed by atoms with Gasteiger partial charge in [0, 0.05) is 25.4 Å². The predicted molar refractivity (Wildman–Crippen MR) is 107 cm³/mol. The zero-order valence-corrected chi connectivity index (χ0v) is 16.2. The first-order valence-electron chi connectivity index (χ1n) is 8.99. The Bertz CT molecular complexity index is 770. The highest BCUT2D eigenvalue weighted by Crippen LogP contribution is 2.25. The van der Waals surface area contributed by atoms with Gasteiger partial charge >= 0.3 is 6.09 Å². The molecule has 6 heteroatoms. The zero-order valence-electron chi connectivity index (χ0n) is 15.3. The lowest BCUT2D eigenvalue weighted by Crippen LogP contribution is -2.46. The van der Waals surface area contributed by atoms with Crippen molar-refractivity contribution in [3.05, 3.63) is 71.8 Å². The second-order valence-corrected chi connectivity index (χ2v) is 7.51. The van der Waals surface area contributed by atoms with Crippen LogP contribution in [0.1, 0.15) is 17.5 Å². The van der Waals surface area contributed by atoms with E-state index in [9.17, 15) is 9.59 Å². The topological polar surface area (TPSA) is 49.9 Å². The van der Waals surface area contributed by atoms with Crippen LogP contribution >= 0.6 is 12.6 Å². The lowest BCUT2D eigenvalue weighted by molar-refractivity contribution is -0.134. The van der Waals surface area contributed by atoms with Gasteiger partial charge in [-0.3, -0.25) is 9.69 Å². The second-order valence-electron chi connectivity index (χ2n) is 6.78. The highest BCUT2D eigenvalue weighted by Gasteiger charge is 2.40. The molecule has 0 bridgehead atoms. The summed E-state index contributed by atoms with van der Waals surface area (Å²) in [6.07, 6.45) is 0.0588. The lowest BCUT2D eigenvalue weighted by Gasteiger charge is -2.27. The minimum absolute atomic E-state index is 0.0339. The number of likely N-dealkylation sites (N-methyl/N-ethyl adjacent to an activating group) is 1. The van der Waals surface area contributed by atoms with Gasteiger partial charge in [0.15, 0.2) is 0 Å². The monoisotopic (exact) mass is 384 g/mol. The third-order valence-corrected chi connectivity index (χ3v) is 5.02. The Morgan fingerprint density at radius 1 is 1.07 bits per heavy atom. The molecule has 1 aliphatic rings. The van der Waals surface area contributed by atoms with Crippen LogP contribution in [0.2, 0.25) is 0 Å². The van der Waals surface area contributed by atoms with Crippen LogP contribution < -0.4 is 0 Å². The molecule has 5 nitrogen and oxygen atoms in total. The number of rotatable bonds is 5. The molecular formula is C21H24N2O3S. The van der Waals surface area contributed by atoms with Crippen molar-refractivity contribution < 1.29 is 14.3 Å². The first-order valence-corrected chi connectivity index (χ1v) is 9.50. The van der Waals surface area contributed by atoms with E-state index in [0.717, 1.165) is 11.1 Å². The van der Waals surface area contributed by atoms with Crippen molar-refractivity contribution in [2.24, 2.45) is 0 Å². The molecule has 0 aromatic heterocycles. The van der Waals surface area contributed by atoms with Crippen molar-refractivity contribution >= 4 is 24.6 Å². The lowest BCUT2D eigenvalue weighted by atomic mass is 10.1. The fourth-order valence-corrected chi connectivity index (χ4v) is 3.62. The van der Waals surface area contributed by atoms with Crippen molar-refractivity contribution in [3.63, 3.8) is 0 Å². The molecule has 142 valence electrons. The Hall–Kier alpha value is -2.47. The van der Waals surface area contributed by atoms with Crippen LogP contribution in [0.4, 0.5) is 4.79 Å². The fourth-order valence-electron chi connectivity index (χ4n) is 3.24. The molecule has 1 aliphatic heterocycles. The Balaban J connectivity index is 1.62. The Kier molecular flexibility index (Phi) is 6.40. The van der Waals surface area contributed by atoms with Gasteiger partial charge < -0.3 is 9.64 Å². The molecule has 2 aromatic rings. The number of carbonyl (C=O) groups excluding carboxylic acids is 2. The van der Waals surface area contributed by atoms with Gasteiger partial charge in [-0.25, -0.2) is 4.79 Å². The van der Waals surface area contributed by atoms with Crippen LogP contribution in [0.3, 0.4) is 0 Å². The van der Waals surface area contributed by atoms with E-state index in [1.807, 2.05) is 60.7 Å². The minimum Gasteiger partial charge on any atom is -0.445 e. The number of ether oxygens (including phenoxy) is 1. The number of thiol groups is 1.